The van der Waals surface area contributed by atoms with Gasteiger partial charge in [0.1, 0.15) is 0 Å². The second kappa shape index (κ2) is 8.27. The Bertz CT molecular complexity index is 867. The van der Waals surface area contributed by atoms with Gasteiger partial charge in [0.2, 0.25) is 17.0 Å². The van der Waals surface area contributed by atoms with Crippen molar-refractivity contribution in [3.05, 3.63) is 24.3 Å². The average Bonchev–Trinajstić information content (AvgIpc) is 3.31. The number of ether oxygens (including phenoxy) is 1. The molecule has 1 saturated heterocycles. The molecule has 9 nitrogen and oxygen atoms in total. The second-order valence-corrected chi connectivity index (χ2v) is 7.89. The molecule has 1 N–H and O–H groups in total. The van der Waals surface area contributed by atoms with Crippen molar-refractivity contribution in [3.8, 4) is 0 Å². The van der Waals surface area contributed by atoms with Crippen LogP contribution in [0.3, 0.4) is 0 Å². The summed E-state index contributed by atoms with van der Waals surface area (Å²) < 4.78 is 7.33. The van der Waals surface area contributed by atoms with Crippen molar-refractivity contribution in [3.63, 3.8) is 0 Å². The van der Waals surface area contributed by atoms with Crippen LogP contribution in [0.5, 0.6) is 0 Å². The first-order valence-corrected chi connectivity index (χ1v) is 10.3. The average molecular weight is 402 g/mol. The maximum atomic E-state index is 13.0. The molecule has 3 heterocycles. The number of carbonyl (C=O) groups is 2. The zero-order chi connectivity index (χ0) is 19.5. The second-order valence-electron chi connectivity index (χ2n) is 6.95. The van der Waals surface area contributed by atoms with Crippen LogP contribution in [0.1, 0.15) is 26.2 Å². The summed E-state index contributed by atoms with van der Waals surface area (Å²) in [5.74, 6) is -0.00444. The number of rotatable bonds is 5. The lowest BCUT2D eigenvalue weighted by molar-refractivity contribution is -0.117. The van der Waals surface area contributed by atoms with Crippen LogP contribution in [-0.2, 0) is 20.9 Å². The Labute approximate surface area is 166 Å². The Hall–Kier alpha value is -2.46. The highest BCUT2D eigenvalue weighted by atomic mass is 32.2. The molecule has 1 aromatic carbocycles. The molecule has 0 spiro atoms. The predicted octanol–water partition coefficient (Wildman–Crippen LogP) is 1.71. The molecular weight excluding hydrogens is 380 g/mol. The van der Waals surface area contributed by atoms with Crippen LogP contribution in [0.25, 0.3) is 0 Å². The fourth-order valence-corrected chi connectivity index (χ4v) is 4.31. The van der Waals surface area contributed by atoms with E-state index in [1.807, 2.05) is 25.1 Å². The van der Waals surface area contributed by atoms with Gasteiger partial charge in [0.25, 0.3) is 0 Å². The molecule has 4 rings (SSSR count). The van der Waals surface area contributed by atoms with Gasteiger partial charge in [-0.15, -0.1) is 5.10 Å². The lowest BCUT2D eigenvalue weighted by Crippen LogP contribution is -2.40. The van der Waals surface area contributed by atoms with Crippen molar-refractivity contribution in [1.82, 2.24) is 20.2 Å². The summed E-state index contributed by atoms with van der Waals surface area (Å²) in [7, 11) is 0. The van der Waals surface area contributed by atoms with Gasteiger partial charge < -0.3 is 15.0 Å². The van der Waals surface area contributed by atoms with Gasteiger partial charge >= 0.3 is 0 Å². The van der Waals surface area contributed by atoms with Crippen LogP contribution in [0.15, 0.2) is 29.4 Å². The molecule has 148 valence electrons. The number of para-hydroxylation sites is 2. The summed E-state index contributed by atoms with van der Waals surface area (Å²) in [5, 5.41) is 15.3. The van der Waals surface area contributed by atoms with Gasteiger partial charge in [-0.1, -0.05) is 23.9 Å². The molecule has 0 saturated carbocycles. The molecule has 0 bridgehead atoms. The number of anilines is 2. The maximum absolute atomic E-state index is 13.0. The number of aromatic nitrogens is 4. The molecule has 10 heteroatoms. The molecule has 0 unspecified atom stereocenters. The van der Waals surface area contributed by atoms with E-state index in [2.05, 4.69) is 20.8 Å². The molecule has 2 aromatic rings. The molecule has 0 aliphatic carbocycles. The molecule has 0 radical (unpaired) electrons. The van der Waals surface area contributed by atoms with Crippen LogP contribution in [0.4, 0.5) is 11.4 Å². The van der Waals surface area contributed by atoms with Gasteiger partial charge in [0.05, 0.1) is 29.8 Å². The van der Waals surface area contributed by atoms with E-state index in [1.54, 1.807) is 15.6 Å². The smallest absolute Gasteiger partial charge is 0.237 e. The van der Waals surface area contributed by atoms with Crippen molar-refractivity contribution in [2.75, 3.05) is 22.6 Å². The number of hydrogen-bond donors (Lipinski definition) is 1. The van der Waals surface area contributed by atoms with Gasteiger partial charge in [-0.3, -0.25) is 9.59 Å². The maximum Gasteiger partial charge on any atom is 0.237 e. The molecule has 1 fully saturated rings. The van der Waals surface area contributed by atoms with Crippen molar-refractivity contribution >= 4 is 35.0 Å². The van der Waals surface area contributed by atoms with Crippen molar-refractivity contribution in [1.29, 1.82) is 0 Å². The topological polar surface area (TPSA) is 102 Å². The van der Waals surface area contributed by atoms with E-state index in [0.717, 1.165) is 19.4 Å². The van der Waals surface area contributed by atoms with Gasteiger partial charge in [0.15, 0.2) is 0 Å². The summed E-state index contributed by atoms with van der Waals surface area (Å²) in [6.45, 7) is 3.24. The predicted molar refractivity (Wildman–Crippen MR) is 104 cm³/mol. The van der Waals surface area contributed by atoms with Crippen LogP contribution in [0.2, 0.25) is 0 Å². The minimum Gasteiger partial charge on any atom is -0.376 e. The van der Waals surface area contributed by atoms with Crippen LogP contribution in [0, 0.1) is 0 Å². The monoisotopic (exact) mass is 402 g/mol. The molecular formula is C18H22N6O3S. The first-order valence-electron chi connectivity index (χ1n) is 9.33. The number of hydrogen-bond acceptors (Lipinski definition) is 7. The molecule has 1 aromatic heterocycles. The van der Waals surface area contributed by atoms with Crippen LogP contribution in [-0.4, -0.2) is 56.5 Å². The Kier molecular flexibility index (Phi) is 5.58. The summed E-state index contributed by atoms with van der Waals surface area (Å²) in [4.78, 5) is 26.8. The number of nitrogens with zero attached hydrogens (tertiary/aromatic N) is 5. The lowest BCUT2D eigenvalue weighted by Gasteiger charge is -2.27. The number of benzene rings is 1. The third-order valence-corrected chi connectivity index (χ3v) is 5.79. The van der Waals surface area contributed by atoms with Crippen LogP contribution >= 0.6 is 11.8 Å². The quantitative estimate of drug-likeness (QED) is 0.760. The molecule has 2 atom stereocenters. The number of thioether (sulfide) groups is 1. The fraction of sp³-hybridized carbons (Fsp3) is 0.500. The van der Waals surface area contributed by atoms with Gasteiger partial charge in [-0.25, -0.2) is 4.68 Å². The highest BCUT2D eigenvalue weighted by Gasteiger charge is 2.30. The molecule has 2 aliphatic rings. The number of tetrazole rings is 1. The Balaban J connectivity index is 1.46. The summed E-state index contributed by atoms with van der Waals surface area (Å²) >= 11 is 1.30. The third-order valence-electron chi connectivity index (χ3n) is 4.85. The van der Waals surface area contributed by atoms with Crippen molar-refractivity contribution in [2.45, 2.75) is 50.0 Å². The first kappa shape index (κ1) is 18.9. The number of fused-ring (bicyclic) bond motifs is 1. The largest absolute Gasteiger partial charge is 0.376 e. The van der Waals surface area contributed by atoms with E-state index >= 15 is 0 Å². The normalized spacial score (nSPS) is 21.9. The van der Waals surface area contributed by atoms with Crippen LogP contribution < -0.4 is 10.2 Å². The summed E-state index contributed by atoms with van der Waals surface area (Å²) in [6, 6.07) is 7.12. The van der Waals surface area contributed by atoms with Gasteiger partial charge in [-0.05, 0) is 42.3 Å². The van der Waals surface area contributed by atoms with E-state index in [1.165, 1.54) is 11.8 Å². The van der Waals surface area contributed by atoms with E-state index in [0.29, 0.717) is 23.1 Å². The van der Waals surface area contributed by atoms with E-state index in [4.69, 9.17) is 4.74 Å². The van der Waals surface area contributed by atoms with E-state index < -0.39 is 0 Å². The molecule has 2 aliphatic heterocycles. The lowest BCUT2D eigenvalue weighted by atomic mass is 10.2. The Morgan fingerprint density at radius 2 is 2.25 bits per heavy atom. The third kappa shape index (κ3) is 4.02. The Morgan fingerprint density at radius 3 is 3.07 bits per heavy atom. The standard InChI is InChI=1S/C18H22N6O3S/c1-12-9-16(25)19-14-6-2-3-7-15(14)24(12)17(26)11-28-18-20-21-22-23(18)10-13-5-4-8-27-13/h2-3,6-7,12-13H,4-5,8-11H2,1H3,(H,19,25)/t12-,13+/m1/s1. The summed E-state index contributed by atoms with van der Waals surface area (Å²) in [5.41, 5.74) is 1.36. The van der Waals surface area contributed by atoms with Gasteiger partial charge in [0, 0.05) is 19.1 Å². The minimum absolute atomic E-state index is 0.0897. The SMILES string of the molecule is C[C@@H]1CC(=O)Nc2ccccc2N1C(=O)CSc1nnnn1C[C@@H]1CCCO1. The first-order chi connectivity index (χ1) is 13.6. The fourth-order valence-electron chi connectivity index (χ4n) is 3.56. The number of amides is 2. The molecule has 28 heavy (non-hydrogen) atoms. The minimum atomic E-state index is -0.236. The van der Waals surface area contributed by atoms with Crippen molar-refractivity contribution < 1.29 is 14.3 Å². The zero-order valence-electron chi connectivity index (χ0n) is 15.6. The number of carbonyl (C=O) groups excluding carboxylic acids is 2. The highest BCUT2D eigenvalue weighted by Crippen LogP contribution is 2.32. The highest BCUT2D eigenvalue weighted by molar-refractivity contribution is 7.99. The van der Waals surface area contributed by atoms with E-state index in [-0.39, 0.29) is 36.1 Å². The summed E-state index contributed by atoms with van der Waals surface area (Å²) in [6.07, 6.45) is 2.41. The van der Waals surface area contributed by atoms with E-state index in [9.17, 15) is 9.59 Å². The van der Waals surface area contributed by atoms with Gasteiger partial charge in [-0.2, -0.15) is 0 Å². The molecule has 2 amide bonds. The number of nitrogens with one attached hydrogen (secondary N) is 1. The Morgan fingerprint density at radius 1 is 1.39 bits per heavy atom. The zero-order valence-corrected chi connectivity index (χ0v) is 16.4. The van der Waals surface area contributed by atoms with Crippen molar-refractivity contribution in [2.24, 2.45) is 0 Å².